The van der Waals surface area contributed by atoms with Crippen molar-refractivity contribution in [3.8, 4) is 0 Å². The minimum absolute atomic E-state index is 0.0386. The highest BCUT2D eigenvalue weighted by Gasteiger charge is 2.27. The number of amides is 1. The molecule has 0 radical (unpaired) electrons. The minimum atomic E-state index is -4.37. The van der Waals surface area contributed by atoms with Crippen molar-refractivity contribution in [2.75, 3.05) is 40.9 Å². The topological polar surface area (TPSA) is 105 Å². The smallest absolute Gasteiger partial charge is 0.387 e. The van der Waals surface area contributed by atoms with Crippen molar-refractivity contribution in [3.63, 3.8) is 0 Å². The molecule has 0 saturated carbocycles. The molecule has 0 rings (SSSR count). The molecule has 0 aliphatic rings. The molecule has 3 unspecified atom stereocenters. The molecule has 0 bridgehead atoms. The number of aliphatic hydroxyl groups is 1. The maximum absolute atomic E-state index is 12.9. The molecule has 0 aliphatic heterocycles. The van der Waals surface area contributed by atoms with E-state index in [-0.39, 0.29) is 19.1 Å². The molecule has 0 aromatic carbocycles. The van der Waals surface area contributed by atoms with E-state index in [9.17, 15) is 19.4 Å². The monoisotopic (exact) mass is 974 g/mol. The Labute approximate surface area is 422 Å². The third kappa shape index (κ3) is 51.8. The molecule has 9 heteroatoms. The van der Waals surface area contributed by atoms with Crippen molar-refractivity contribution in [1.29, 1.82) is 0 Å². The van der Waals surface area contributed by atoms with Crippen LogP contribution < -0.4 is 5.32 Å². The number of allylic oxidation sites excluding steroid dienone is 25. The molecule has 0 saturated heterocycles. The number of aliphatic hydroxyl groups excluding tert-OH is 1. The van der Waals surface area contributed by atoms with Crippen LogP contribution in [0.15, 0.2) is 158 Å². The zero-order valence-corrected chi connectivity index (χ0v) is 44.9. The van der Waals surface area contributed by atoms with E-state index < -0.39 is 20.0 Å². The van der Waals surface area contributed by atoms with Gasteiger partial charge in [-0.3, -0.25) is 13.8 Å². The SMILES string of the molecule is CC/C=C\C/C=C\C/C=C\C/C=C\C/C=C\C/C=C\C/C=C\C/C=C\C/C=C\C/C=C\CCCCCCC(=O)NC(COP(=O)(O)OCC[N+](C)(C)C)C(O)/C=C/CC/C=C/CC/C=C/CCCC. The third-order valence-corrected chi connectivity index (χ3v) is 11.4. The maximum Gasteiger partial charge on any atom is 0.472 e. The lowest BCUT2D eigenvalue weighted by Crippen LogP contribution is -2.45. The van der Waals surface area contributed by atoms with Crippen LogP contribution in [-0.2, 0) is 18.4 Å². The van der Waals surface area contributed by atoms with Gasteiger partial charge in [0.1, 0.15) is 13.2 Å². The number of phosphoric ester groups is 1. The summed E-state index contributed by atoms with van der Waals surface area (Å²) >= 11 is 0. The van der Waals surface area contributed by atoms with Gasteiger partial charge in [0.2, 0.25) is 5.91 Å². The number of hydrogen-bond donors (Lipinski definition) is 3. The maximum atomic E-state index is 12.9. The van der Waals surface area contributed by atoms with Crippen LogP contribution in [-0.4, -0.2) is 73.4 Å². The van der Waals surface area contributed by atoms with Crippen LogP contribution in [0.3, 0.4) is 0 Å². The number of nitrogens with one attached hydrogen (secondary N) is 1. The quantitative estimate of drug-likeness (QED) is 0.0243. The highest BCUT2D eigenvalue weighted by molar-refractivity contribution is 7.47. The zero-order chi connectivity index (χ0) is 50.6. The third-order valence-electron chi connectivity index (χ3n) is 10.5. The summed E-state index contributed by atoms with van der Waals surface area (Å²) in [6, 6.07) is -0.895. The fourth-order valence-electron chi connectivity index (χ4n) is 6.32. The van der Waals surface area contributed by atoms with Crippen LogP contribution in [0.1, 0.15) is 162 Å². The van der Waals surface area contributed by atoms with Gasteiger partial charge in [-0.15, -0.1) is 0 Å². The molecular weight excluding hydrogens is 876 g/mol. The second-order valence-corrected chi connectivity index (χ2v) is 19.6. The van der Waals surface area contributed by atoms with Gasteiger partial charge >= 0.3 is 7.82 Å². The number of carbonyl (C=O) groups is 1. The summed E-state index contributed by atoms with van der Waals surface area (Å²) in [6.07, 6.45) is 77.7. The first-order chi connectivity index (χ1) is 33.5. The second kappa shape index (κ2) is 49.1. The van der Waals surface area contributed by atoms with Gasteiger partial charge in [0, 0.05) is 6.42 Å². The van der Waals surface area contributed by atoms with Gasteiger partial charge in [-0.25, -0.2) is 4.57 Å². The fourth-order valence-corrected chi connectivity index (χ4v) is 7.06. The lowest BCUT2D eigenvalue weighted by atomic mass is 10.1. The van der Waals surface area contributed by atoms with Crippen LogP contribution in [0.2, 0.25) is 0 Å². The Hall–Kier alpha value is -3.88. The number of nitrogens with zero attached hydrogens (tertiary/aromatic N) is 1. The molecule has 0 heterocycles. The molecule has 3 N–H and O–H groups in total. The average molecular weight is 974 g/mol. The van der Waals surface area contributed by atoms with E-state index >= 15 is 0 Å². The number of unbranched alkanes of at least 4 members (excludes halogenated alkanes) is 8. The Morgan fingerprint density at radius 1 is 0.507 bits per heavy atom. The highest BCUT2D eigenvalue weighted by atomic mass is 31.2. The summed E-state index contributed by atoms with van der Waals surface area (Å²) in [7, 11) is 1.50. The molecule has 0 aromatic heterocycles. The zero-order valence-electron chi connectivity index (χ0n) is 44.0. The average Bonchev–Trinajstić information content (AvgIpc) is 3.31. The van der Waals surface area contributed by atoms with E-state index in [1.54, 1.807) is 6.08 Å². The summed E-state index contributed by atoms with van der Waals surface area (Å²) < 4.78 is 23.5. The van der Waals surface area contributed by atoms with Gasteiger partial charge in [0.15, 0.2) is 0 Å². The lowest BCUT2D eigenvalue weighted by Gasteiger charge is -2.25. The highest BCUT2D eigenvalue weighted by Crippen LogP contribution is 2.43. The predicted molar refractivity (Wildman–Crippen MR) is 299 cm³/mol. The summed E-state index contributed by atoms with van der Waals surface area (Å²) in [5.41, 5.74) is 0. The number of quaternary nitrogens is 1. The van der Waals surface area contributed by atoms with Gasteiger partial charge in [-0.05, 0) is 116 Å². The van der Waals surface area contributed by atoms with Crippen molar-refractivity contribution < 1.29 is 32.9 Å². The molecule has 3 atom stereocenters. The van der Waals surface area contributed by atoms with Gasteiger partial charge in [-0.2, -0.15) is 0 Å². The van der Waals surface area contributed by atoms with Gasteiger partial charge in [0.25, 0.3) is 0 Å². The fraction of sp³-hybridized carbons (Fsp3) is 0.550. The molecule has 0 spiro atoms. The molecule has 0 aliphatic carbocycles. The first-order valence-electron chi connectivity index (χ1n) is 26.4. The van der Waals surface area contributed by atoms with Gasteiger partial charge in [-0.1, -0.05) is 198 Å². The summed E-state index contributed by atoms with van der Waals surface area (Å²) in [5, 5.41) is 13.8. The molecule has 388 valence electrons. The van der Waals surface area contributed by atoms with Crippen LogP contribution in [0.4, 0.5) is 0 Å². The summed E-state index contributed by atoms with van der Waals surface area (Å²) in [4.78, 5) is 23.2. The minimum Gasteiger partial charge on any atom is -0.387 e. The molecule has 0 aromatic rings. The first kappa shape index (κ1) is 65.1. The Morgan fingerprint density at radius 3 is 1.32 bits per heavy atom. The van der Waals surface area contributed by atoms with Crippen molar-refractivity contribution >= 4 is 13.7 Å². The van der Waals surface area contributed by atoms with Crippen molar-refractivity contribution in [1.82, 2.24) is 5.32 Å². The number of carbonyl (C=O) groups excluding carboxylic acids is 1. The standard InChI is InChI=1S/C60H97N2O6P/c1-6-8-10-12-14-16-18-20-21-22-23-24-25-26-27-28-29-30-31-32-33-34-35-36-37-38-39-40-41-42-44-46-48-50-52-54-60(64)61-58(57-68-69(65,66)67-56-55-62(3,4)5)59(63)53-51-49-47-45-43-19-17-15-13-11-9-7-2/h8,10,13-16,20-21,23-24,26-27,29-30,32-33,35-36,38-39,41-43,45,51,53,58-59,63H,6-7,9,11-12,17-19,22,25,28,31,34,37,40,44,46-50,52,54-57H2,1-5H3,(H-,61,64,65,66)/p+1/b10-8-,15-13+,16-14-,21-20-,24-23-,27-26-,30-29-,33-32-,36-35-,39-38-,42-41-,45-43+,53-51+. The van der Waals surface area contributed by atoms with Crippen LogP contribution in [0.5, 0.6) is 0 Å². The van der Waals surface area contributed by atoms with Gasteiger partial charge in [0.05, 0.1) is 39.9 Å². The van der Waals surface area contributed by atoms with Crippen molar-refractivity contribution in [3.05, 3.63) is 158 Å². The Bertz CT molecular complexity index is 1670. The van der Waals surface area contributed by atoms with Crippen molar-refractivity contribution in [2.24, 2.45) is 0 Å². The van der Waals surface area contributed by atoms with Crippen LogP contribution in [0.25, 0.3) is 0 Å². The normalized spacial score (nSPS) is 15.3. The Balaban J connectivity index is 4.30. The van der Waals surface area contributed by atoms with Crippen LogP contribution in [0, 0.1) is 0 Å². The van der Waals surface area contributed by atoms with Crippen LogP contribution >= 0.6 is 7.82 Å². The number of hydrogen-bond acceptors (Lipinski definition) is 5. The van der Waals surface area contributed by atoms with Gasteiger partial charge < -0.3 is 19.8 Å². The summed E-state index contributed by atoms with van der Waals surface area (Å²) in [5.74, 6) is -0.226. The largest absolute Gasteiger partial charge is 0.472 e. The first-order valence-corrected chi connectivity index (χ1v) is 27.9. The second-order valence-electron chi connectivity index (χ2n) is 18.1. The number of rotatable bonds is 45. The lowest BCUT2D eigenvalue weighted by molar-refractivity contribution is -0.870. The van der Waals surface area contributed by atoms with E-state index in [4.69, 9.17) is 9.05 Å². The van der Waals surface area contributed by atoms with E-state index in [2.05, 4.69) is 165 Å². The number of phosphoric acid groups is 1. The Morgan fingerprint density at radius 2 is 0.884 bits per heavy atom. The molecule has 0 fully saturated rings. The predicted octanol–water partition coefficient (Wildman–Crippen LogP) is 15.9. The Kier molecular flexibility index (Phi) is 46.4. The number of likely N-dealkylation sites (N-methyl/N-ethyl adjacent to an activating group) is 1. The molecule has 69 heavy (non-hydrogen) atoms. The van der Waals surface area contributed by atoms with E-state index in [0.717, 1.165) is 128 Å². The molecule has 8 nitrogen and oxygen atoms in total. The summed E-state index contributed by atoms with van der Waals surface area (Å²) in [6.45, 7) is 4.56. The van der Waals surface area contributed by atoms with Crippen molar-refractivity contribution in [2.45, 2.75) is 174 Å². The molecular formula is C60H98N2O6P+. The van der Waals surface area contributed by atoms with E-state index in [1.165, 1.54) is 12.8 Å². The van der Waals surface area contributed by atoms with E-state index in [0.29, 0.717) is 17.4 Å². The van der Waals surface area contributed by atoms with E-state index in [1.807, 2.05) is 27.2 Å². The molecule has 1 amide bonds.